The van der Waals surface area contributed by atoms with Crippen molar-refractivity contribution in [3.8, 4) is 0 Å². The van der Waals surface area contributed by atoms with Crippen LogP contribution in [-0.4, -0.2) is 10.6 Å². The third kappa shape index (κ3) is 6.81. The molecule has 0 aliphatic heterocycles. The Bertz CT molecular complexity index is 559. The first kappa shape index (κ1) is 20.3. The molecular formula is C20H32N2O2. The number of benzene rings is 1. The average Bonchev–Trinajstić information content (AvgIpc) is 2.57. The molecule has 0 saturated heterocycles. The van der Waals surface area contributed by atoms with Gasteiger partial charge in [-0.2, -0.15) is 0 Å². The maximum Gasteiger partial charge on any atom is 0.271 e. The number of rotatable bonds is 4. The highest BCUT2D eigenvalue weighted by Crippen LogP contribution is 2.29. The molecule has 134 valence electrons. The van der Waals surface area contributed by atoms with E-state index >= 15 is 0 Å². The van der Waals surface area contributed by atoms with Crippen molar-refractivity contribution in [2.24, 2.45) is 16.8 Å². The normalized spacial score (nSPS) is 15.8. The number of aliphatic imine (C=N–C) groups is 1. The zero-order valence-corrected chi connectivity index (χ0v) is 15.8. The highest BCUT2D eigenvalue weighted by molar-refractivity contribution is 5.87. The summed E-state index contributed by atoms with van der Waals surface area (Å²) in [6.45, 7) is 10.6. The van der Waals surface area contributed by atoms with Crippen LogP contribution in [0.2, 0.25) is 0 Å². The van der Waals surface area contributed by atoms with Crippen LogP contribution in [-0.2, 0) is 0 Å². The van der Waals surface area contributed by atoms with Gasteiger partial charge in [0.1, 0.15) is 0 Å². The minimum absolute atomic E-state index is 0.112. The first-order valence-electron chi connectivity index (χ1n) is 9.15. The molecule has 0 radical (unpaired) electrons. The molecule has 0 N–H and O–H groups in total. The quantitative estimate of drug-likeness (QED) is 0.353. The molecule has 24 heavy (non-hydrogen) atoms. The summed E-state index contributed by atoms with van der Waals surface area (Å²) in [5.41, 5.74) is 2.95. The third-order valence-electron chi connectivity index (χ3n) is 4.71. The smallest absolute Gasteiger partial charge is 0.258 e. The van der Waals surface area contributed by atoms with Crippen molar-refractivity contribution in [2.45, 2.75) is 73.1 Å². The molecule has 0 spiro atoms. The molecule has 4 nitrogen and oxygen atoms in total. The summed E-state index contributed by atoms with van der Waals surface area (Å²) < 4.78 is 0. The minimum Gasteiger partial charge on any atom is -0.258 e. The van der Waals surface area contributed by atoms with E-state index in [1.807, 2.05) is 13.8 Å². The van der Waals surface area contributed by atoms with Gasteiger partial charge in [0.25, 0.3) is 5.69 Å². The second-order valence-electron chi connectivity index (χ2n) is 7.12. The van der Waals surface area contributed by atoms with Gasteiger partial charge in [0, 0.05) is 17.8 Å². The number of nitro groups is 1. The van der Waals surface area contributed by atoms with E-state index in [4.69, 9.17) is 0 Å². The van der Waals surface area contributed by atoms with Crippen LogP contribution in [0.5, 0.6) is 0 Å². The zero-order chi connectivity index (χ0) is 18.1. The minimum atomic E-state index is -0.367. The van der Waals surface area contributed by atoms with E-state index in [9.17, 15) is 10.1 Å². The molecule has 1 aromatic rings. The summed E-state index contributed by atoms with van der Waals surface area (Å²) in [7, 11) is 0. The molecule has 0 unspecified atom stereocenters. The summed E-state index contributed by atoms with van der Waals surface area (Å²) in [6, 6.07) is 4.87. The van der Waals surface area contributed by atoms with Crippen LogP contribution in [0.15, 0.2) is 23.2 Å². The van der Waals surface area contributed by atoms with E-state index in [0.29, 0.717) is 5.92 Å². The third-order valence-corrected chi connectivity index (χ3v) is 4.71. The van der Waals surface area contributed by atoms with Crippen LogP contribution >= 0.6 is 0 Å². The molecular weight excluding hydrogens is 300 g/mol. The molecule has 1 fully saturated rings. The largest absolute Gasteiger partial charge is 0.271 e. The number of nitrogens with zero attached hydrogens (tertiary/aromatic N) is 2. The van der Waals surface area contributed by atoms with Gasteiger partial charge in [0.2, 0.25) is 0 Å². The fourth-order valence-corrected chi connectivity index (χ4v) is 2.63. The summed E-state index contributed by atoms with van der Waals surface area (Å²) in [6.07, 6.45) is 7.56. The number of hydrogen-bond donors (Lipinski definition) is 0. The number of non-ortho nitro benzene ring substituents is 1. The van der Waals surface area contributed by atoms with E-state index in [-0.39, 0.29) is 10.6 Å². The lowest BCUT2D eigenvalue weighted by Crippen LogP contribution is -2.14. The second-order valence-corrected chi connectivity index (χ2v) is 7.12. The van der Waals surface area contributed by atoms with Gasteiger partial charge < -0.3 is 0 Å². The van der Waals surface area contributed by atoms with Crippen molar-refractivity contribution in [1.82, 2.24) is 0 Å². The van der Waals surface area contributed by atoms with Crippen molar-refractivity contribution < 1.29 is 4.92 Å². The van der Waals surface area contributed by atoms with Crippen LogP contribution < -0.4 is 0 Å². The molecule has 1 saturated carbocycles. The first-order valence-corrected chi connectivity index (χ1v) is 9.15. The predicted molar refractivity (Wildman–Crippen MR) is 102 cm³/mol. The molecule has 0 bridgehead atoms. The molecule has 0 atom stereocenters. The molecule has 0 heterocycles. The van der Waals surface area contributed by atoms with Gasteiger partial charge in [-0.15, -0.1) is 0 Å². The van der Waals surface area contributed by atoms with Crippen molar-refractivity contribution >= 4 is 17.1 Å². The monoisotopic (exact) mass is 332 g/mol. The highest BCUT2D eigenvalue weighted by Gasteiger charge is 2.17. The van der Waals surface area contributed by atoms with Crippen LogP contribution in [0.3, 0.4) is 0 Å². The Balaban J connectivity index is 0.000000505. The Morgan fingerprint density at radius 2 is 1.88 bits per heavy atom. The Kier molecular flexibility index (Phi) is 8.66. The average molecular weight is 332 g/mol. The topological polar surface area (TPSA) is 55.5 Å². The Morgan fingerprint density at radius 1 is 1.29 bits per heavy atom. The number of hydrogen-bond acceptors (Lipinski definition) is 3. The lowest BCUT2D eigenvalue weighted by atomic mass is 9.86. The SMILES string of the molecule is CC(=Nc1cc([N+](=O)[O-])ccc1C)C1CCCCC1.CCC(C)C. The van der Waals surface area contributed by atoms with Gasteiger partial charge in [0.15, 0.2) is 0 Å². The Morgan fingerprint density at radius 3 is 2.38 bits per heavy atom. The first-order chi connectivity index (χ1) is 11.3. The standard InChI is InChI=1S/C15H20N2O2.C5H12/c1-11-8-9-14(17(18)19)10-15(11)16-12(2)13-6-4-3-5-7-13;1-4-5(2)3/h8-10,13H,3-7H2,1-2H3;5H,4H2,1-3H3. The van der Waals surface area contributed by atoms with Gasteiger partial charge in [-0.05, 0) is 44.1 Å². The van der Waals surface area contributed by atoms with Crippen LogP contribution in [0.25, 0.3) is 0 Å². The molecule has 1 aliphatic carbocycles. The molecule has 1 aliphatic rings. The predicted octanol–water partition coefficient (Wildman–Crippen LogP) is 6.63. The Labute approximate surface area is 146 Å². The lowest BCUT2D eigenvalue weighted by Gasteiger charge is -2.21. The van der Waals surface area contributed by atoms with Gasteiger partial charge in [0.05, 0.1) is 10.6 Å². The fourth-order valence-electron chi connectivity index (χ4n) is 2.63. The maximum absolute atomic E-state index is 10.8. The summed E-state index contributed by atoms with van der Waals surface area (Å²) in [4.78, 5) is 15.1. The molecule has 4 heteroatoms. The molecule has 0 amide bonds. The molecule has 2 rings (SSSR count). The summed E-state index contributed by atoms with van der Waals surface area (Å²) in [5, 5.41) is 10.8. The van der Waals surface area contributed by atoms with Crippen molar-refractivity contribution in [1.29, 1.82) is 0 Å². The number of nitro benzene ring substituents is 1. The highest BCUT2D eigenvalue weighted by atomic mass is 16.6. The van der Waals surface area contributed by atoms with Gasteiger partial charge in [-0.25, -0.2) is 0 Å². The van der Waals surface area contributed by atoms with Gasteiger partial charge in [-0.3, -0.25) is 15.1 Å². The molecule has 1 aromatic carbocycles. The van der Waals surface area contributed by atoms with Gasteiger partial charge in [-0.1, -0.05) is 52.5 Å². The van der Waals surface area contributed by atoms with E-state index in [1.165, 1.54) is 44.6 Å². The second kappa shape index (κ2) is 10.2. The Hall–Kier alpha value is -1.71. The van der Waals surface area contributed by atoms with Crippen molar-refractivity contribution in [3.05, 3.63) is 33.9 Å². The van der Waals surface area contributed by atoms with Crippen LogP contribution in [0, 0.1) is 28.9 Å². The van der Waals surface area contributed by atoms with E-state index < -0.39 is 0 Å². The number of aryl methyl sites for hydroxylation is 1. The summed E-state index contributed by atoms with van der Waals surface area (Å²) in [5.74, 6) is 1.43. The fraction of sp³-hybridized carbons (Fsp3) is 0.650. The van der Waals surface area contributed by atoms with E-state index in [1.54, 1.807) is 12.1 Å². The van der Waals surface area contributed by atoms with E-state index in [2.05, 4.69) is 25.8 Å². The lowest BCUT2D eigenvalue weighted by molar-refractivity contribution is -0.384. The van der Waals surface area contributed by atoms with E-state index in [0.717, 1.165) is 22.9 Å². The molecule has 0 aromatic heterocycles. The zero-order valence-electron chi connectivity index (χ0n) is 15.8. The van der Waals surface area contributed by atoms with Gasteiger partial charge >= 0.3 is 0 Å². The van der Waals surface area contributed by atoms with Crippen LogP contribution in [0.1, 0.15) is 71.8 Å². The summed E-state index contributed by atoms with van der Waals surface area (Å²) >= 11 is 0. The van der Waals surface area contributed by atoms with Crippen molar-refractivity contribution in [3.63, 3.8) is 0 Å². The van der Waals surface area contributed by atoms with Crippen LogP contribution in [0.4, 0.5) is 11.4 Å². The maximum atomic E-state index is 10.8. The van der Waals surface area contributed by atoms with Crippen molar-refractivity contribution in [2.75, 3.05) is 0 Å².